The number of imide groups is 1. The van der Waals surface area contributed by atoms with E-state index in [-0.39, 0.29) is 23.4 Å². The molecule has 1 heterocycles. The van der Waals surface area contributed by atoms with Gasteiger partial charge in [0.1, 0.15) is 19.7 Å². The number of nitro benzene ring substituents is 1. The molecule has 0 aliphatic carbocycles. The fourth-order valence-corrected chi connectivity index (χ4v) is 4.21. The Morgan fingerprint density at radius 3 is 2.00 bits per heavy atom. The highest BCUT2D eigenvalue weighted by atomic mass is 32.2. The monoisotopic (exact) mass is 505 g/mol. The van der Waals surface area contributed by atoms with E-state index in [0.29, 0.717) is 0 Å². The molecule has 0 saturated heterocycles. The van der Waals surface area contributed by atoms with E-state index in [1.807, 2.05) is 12.1 Å². The smallest absolute Gasteiger partial charge is 0.325 e. The fraction of sp³-hybridized carbons (Fsp3) is 0.120. The van der Waals surface area contributed by atoms with Crippen molar-refractivity contribution in [1.29, 1.82) is 0 Å². The lowest BCUT2D eigenvalue weighted by Crippen LogP contribution is -2.42. The van der Waals surface area contributed by atoms with E-state index in [1.165, 1.54) is 36.0 Å². The quantitative estimate of drug-likeness (QED) is 0.203. The number of esters is 1. The third-order valence-corrected chi connectivity index (χ3v) is 6.23. The third-order valence-electron chi connectivity index (χ3n) is 5.22. The van der Waals surface area contributed by atoms with Gasteiger partial charge in [0.15, 0.2) is 0 Å². The largest absolute Gasteiger partial charge is 0.460 e. The first-order valence-electron chi connectivity index (χ1n) is 10.7. The molecule has 36 heavy (non-hydrogen) atoms. The molecule has 11 heteroatoms. The number of hydrogen-bond acceptors (Lipinski definition) is 8. The molecule has 10 nitrogen and oxygen atoms in total. The van der Waals surface area contributed by atoms with Gasteiger partial charge in [-0.1, -0.05) is 36.0 Å². The van der Waals surface area contributed by atoms with Gasteiger partial charge in [0.05, 0.1) is 16.1 Å². The number of benzene rings is 3. The van der Waals surface area contributed by atoms with Crippen LogP contribution in [0.3, 0.4) is 0 Å². The summed E-state index contributed by atoms with van der Waals surface area (Å²) in [6, 6.07) is 19.7. The first kappa shape index (κ1) is 24.6. The Bertz CT molecular complexity index is 1310. The molecule has 4 rings (SSSR count). The second-order valence-corrected chi connectivity index (χ2v) is 8.82. The number of non-ortho nitro benzene ring substituents is 1. The minimum Gasteiger partial charge on any atom is -0.460 e. The molecule has 0 saturated carbocycles. The van der Waals surface area contributed by atoms with Gasteiger partial charge in [-0.25, -0.2) is 0 Å². The van der Waals surface area contributed by atoms with Crippen LogP contribution in [-0.4, -0.2) is 46.6 Å². The number of amides is 3. The van der Waals surface area contributed by atoms with Gasteiger partial charge >= 0.3 is 5.97 Å². The number of fused-ring (bicyclic) bond motifs is 1. The highest BCUT2D eigenvalue weighted by molar-refractivity contribution is 7.99. The molecule has 1 aliphatic rings. The van der Waals surface area contributed by atoms with Crippen LogP contribution in [0.2, 0.25) is 0 Å². The Morgan fingerprint density at radius 1 is 0.889 bits per heavy atom. The second kappa shape index (κ2) is 10.8. The summed E-state index contributed by atoms with van der Waals surface area (Å²) < 4.78 is 5.16. The normalized spacial score (nSPS) is 12.3. The first-order chi connectivity index (χ1) is 17.3. The van der Waals surface area contributed by atoms with Crippen LogP contribution in [0.5, 0.6) is 0 Å². The van der Waals surface area contributed by atoms with Crippen molar-refractivity contribution in [2.24, 2.45) is 0 Å². The molecular weight excluding hydrogens is 486 g/mol. The lowest BCUT2D eigenvalue weighted by atomic mass is 10.1. The van der Waals surface area contributed by atoms with Crippen molar-refractivity contribution in [3.63, 3.8) is 0 Å². The Balaban J connectivity index is 1.20. The topological polar surface area (TPSA) is 136 Å². The molecule has 1 N–H and O–H groups in total. The third kappa shape index (κ3) is 5.76. The zero-order valence-electron chi connectivity index (χ0n) is 18.7. The lowest BCUT2D eigenvalue weighted by molar-refractivity contribution is -0.384. The highest BCUT2D eigenvalue weighted by Gasteiger charge is 2.36. The van der Waals surface area contributed by atoms with E-state index in [0.717, 1.165) is 20.3 Å². The number of hydrogen-bond donors (Lipinski definition) is 1. The molecule has 0 aromatic heterocycles. The molecule has 3 aromatic carbocycles. The molecule has 0 radical (unpaired) electrons. The minimum atomic E-state index is -0.671. The number of ether oxygens (including phenoxy) is 1. The summed E-state index contributed by atoms with van der Waals surface area (Å²) in [4.78, 5) is 61.7. The fourth-order valence-electron chi connectivity index (χ4n) is 3.39. The van der Waals surface area contributed by atoms with Gasteiger partial charge in [0, 0.05) is 21.9 Å². The molecule has 0 spiro atoms. The van der Waals surface area contributed by atoms with Gasteiger partial charge < -0.3 is 10.1 Å². The van der Waals surface area contributed by atoms with E-state index < -0.39 is 41.7 Å². The van der Waals surface area contributed by atoms with Gasteiger partial charge in [-0.3, -0.25) is 34.2 Å². The summed E-state index contributed by atoms with van der Waals surface area (Å²) in [6.07, 6.45) is 0. The number of carbonyl (C=O) groups is 4. The zero-order valence-corrected chi connectivity index (χ0v) is 19.5. The maximum Gasteiger partial charge on any atom is 0.325 e. The van der Waals surface area contributed by atoms with E-state index >= 15 is 0 Å². The van der Waals surface area contributed by atoms with Gasteiger partial charge in [0.25, 0.3) is 17.5 Å². The van der Waals surface area contributed by atoms with E-state index in [9.17, 15) is 29.3 Å². The van der Waals surface area contributed by atoms with Gasteiger partial charge in [-0.15, -0.1) is 0 Å². The molecule has 1 aliphatic heterocycles. The number of nitrogens with one attached hydrogen (secondary N) is 1. The van der Waals surface area contributed by atoms with Crippen molar-refractivity contribution in [3.8, 4) is 0 Å². The Morgan fingerprint density at radius 2 is 1.44 bits per heavy atom. The first-order valence-corrected chi connectivity index (χ1v) is 11.5. The van der Waals surface area contributed by atoms with Crippen LogP contribution in [0.15, 0.2) is 82.6 Å². The summed E-state index contributed by atoms with van der Waals surface area (Å²) in [5, 5.41) is 13.1. The van der Waals surface area contributed by atoms with Crippen LogP contribution in [0.25, 0.3) is 0 Å². The standard InChI is InChI=1S/C25H19N3O7S/c29-22(14-27-24(31)20-3-1-2-4-21(20)25(27)32)26-13-23(30)35-15-16-5-9-18(10-6-16)36-19-11-7-17(8-12-19)28(33)34/h1-12H,13-15H2,(H,26,29). The SMILES string of the molecule is O=C(CN1C(=O)c2ccccc2C1=O)NCC(=O)OCc1ccc(Sc2ccc([N+](=O)[O-])cc2)cc1. The maximum atomic E-state index is 12.3. The number of carbonyl (C=O) groups excluding carboxylic acids is 4. The Labute approximate surface area is 209 Å². The summed E-state index contributed by atoms with van der Waals surface area (Å²) >= 11 is 1.43. The van der Waals surface area contributed by atoms with E-state index in [4.69, 9.17) is 4.74 Å². The number of rotatable bonds is 9. The van der Waals surface area contributed by atoms with Crippen molar-refractivity contribution in [3.05, 3.63) is 99.6 Å². The van der Waals surface area contributed by atoms with Gasteiger partial charge in [-0.2, -0.15) is 0 Å². The van der Waals surface area contributed by atoms with Gasteiger partial charge in [0.2, 0.25) is 5.91 Å². The van der Waals surface area contributed by atoms with Crippen molar-refractivity contribution < 1.29 is 28.8 Å². The van der Waals surface area contributed by atoms with Crippen LogP contribution in [0.1, 0.15) is 26.3 Å². The van der Waals surface area contributed by atoms with Crippen LogP contribution in [0.4, 0.5) is 5.69 Å². The molecule has 0 atom stereocenters. The summed E-state index contributed by atoms with van der Waals surface area (Å²) in [5.41, 5.74) is 1.24. The van der Waals surface area contributed by atoms with Gasteiger partial charge in [-0.05, 0) is 42.0 Å². The molecule has 0 bridgehead atoms. The number of nitrogens with zero attached hydrogens (tertiary/aromatic N) is 2. The summed E-state index contributed by atoms with van der Waals surface area (Å²) in [5.74, 6) is -2.43. The van der Waals surface area contributed by atoms with E-state index in [2.05, 4.69) is 5.32 Å². The van der Waals surface area contributed by atoms with Crippen molar-refractivity contribution in [1.82, 2.24) is 10.2 Å². The van der Waals surface area contributed by atoms with Crippen molar-refractivity contribution >= 4 is 41.1 Å². The van der Waals surface area contributed by atoms with Crippen molar-refractivity contribution in [2.45, 2.75) is 16.4 Å². The summed E-state index contributed by atoms with van der Waals surface area (Å²) in [7, 11) is 0. The zero-order chi connectivity index (χ0) is 25.7. The minimum absolute atomic E-state index is 0.00438. The number of nitro groups is 1. The second-order valence-electron chi connectivity index (χ2n) is 7.68. The average molecular weight is 506 g/mol. The van der Waals surface area contributed by atoms with Crippen LogP contribution in [-0.2, 0) is 20.9 Å². The molecule has 0 unspecified atom stereocenters. The molecule has 0 fully saturated rings. The maximum absolute atomic E-state index is 12.3. The average Bonchev–Trinajstić information content (AvgIpc) is 3.12. The van der Waals surface area contributed by atoms with Crippen LogP contribution in [0, 0.1) is 10.1 Å². The predicted octanol–water partition coefficient (Wildman–Crippen LogP) is 3.20. The van der Waals surface area contributed by atoms with E-state index in [1.54, 1.807) is 36.4 Å². The Hall–Kier alpha value is -4.51. The molecule has 3 amide bonds. The molecule has 3 aromatic rings. The molecule has 182 valence electrons. The Kier molecular flexibility index (Phi) is 7.40. The van der Waals surface area contributed by atoms with Crippen LogP contribution >= 0.6 is 11.8 Å². The highest BCUT2D eigenvalue weighted by Crippen LogP contribution is 2.29. The predicted molar refractivity (Wildman–Crippen MR) is 128 cm³/mol. The van der Waals surface area contributed by atoms with Crippen molar-refractivity contribution in [2.75, 3.05) is 13.1 Å². The van der Waals surface area contributed by atoms with Crippen LogP contribution < -0.4 is 5.32 Å². The molecular formula is C25H19N3O7S. The summed E-state index contributed by atoms with van der Waals surface area (Å²) in [6.45, 7) is -0.904. The lowest BCUT2D eigenvalue weighted by Gasteiger charge is -2.13.